The molecule has 10 heteroatoms. The summed E-state index contributed by atoms with van der Waals surface area (Å²) in [6, 6.07) is 7.24. The van der Waals surface area contributed by atoms with Crippen molar-refractivity contribution in [1.29, 1.82) is 0 Å². The van der Waals surface area contributed by atoms with Crippen LogP contribution in [-0.4, -0.2) is 54.6 Å². The summed E-state index contributed by atoms with van der Waals surface area (Å²) in [7, 11) is -0.892. The van der Waals surface area contributed by atoms with Crippen LogP contribution < -0.4 is 5.32 Å². The van der Waals surface area contributed by atoms with Crippen molar-refractivity contribution in [3.63, 3.8) is 0 Å². The van der Waals surface area contributed by atoms with Crippen LogP contribution in [0.5, 0.6) is 0 Å². The normalized spacial score (nSPS) is 13.7. The minimum atomic E-state index is -3.69. The van der Waals surface area contributed by atoms with Gasteiger partial charge in [0, 0.05) is 20.2 Å². The third kappa shape index (κ3) is 5.21. The van der Waals surface area contributed by atoms with Crippen molar-refractivity contribution in [2.45, 2.75) is 44.2 Å². The average Bonchev–Trinajstić information content (AvgIpc) is 3.15. The van der Waals surface area contributed by atoms with Gasteiger partial charge in [0.1, 0.15) is 5.82 Å². The van der Waals surface area contributed by atoms with Crippen LogP contribution in [-0.2, 0) is 19.6 Å². The van der Waals surface area contributed by atoms with Gasteiger partial charge in [-0.25, -0.2) is 22.2 Å². The van der Waals surface area contributed by atoms with Crippen LogP contribution in [0.3, 0.4) is 0 Å². The number of benzene rings is 1. The second-order valence-electron chi connectivity index (χ2n) is 6.77. The molecule has 0 unspecified atom stereocenters. The Bertz CT molecular complexity index is 984. The van der Waals surface area contributed by atoms with Crippen molar-refractivity contribution in [3.8, 4) is 0 Å². The molecule has 0 saturated carbocycles. The van der Waals surface area contributed by atoms with Crippen molar-refractivity contribution in [3.05, 3.63) is 42.1 Å². The number of carbonyl (C=O) groups is 2. The zero-order valence-corrected chi connectivity index (χ0v) is 17.9. The largest absolute Gasteiger partial charge is 0.449 e. The highest BCUT2D eigenvalue weighted by atomic mass is 32.2. The van der Waals surface area contributed by atoms with Crippen LogP contribution in [0.25, 0.3) is 0 Å². The summed E-state index contributed by atoms with van der Waals surface area (Å²) in [6.07, 6.45) is 1.33. The van der Waals surface area contributed by atoms with E-state index in [0.29, 0.717) is 5.82 Å². The molecule has 2 rings (SSSR count). The number of hydrogen-bond acceptors (Lipinski definition) is 6. The number of sulfonamides is 1. The van der Waals surface area contributed by atoms with Gasteiger partial charge in [-0.05, 0) is 38.5 Å². The predicted molar refractivity (Wildman–Crippen MR) is 108 cm³/mol. The zero-order valence-electron chi connectivity index (χ0n) is 17.1. The van der Waals surface area contributed by atoms with E-state index in [0.717, 1.165) is 10.7 Å². The molecule has 2 aromatic rings. The van der Waals surface area contributed by atoms with E-state index >= 15 is 0 Å². The first-order valence-corrected chi connectivity index (χ1v) is 10.6. The minimum absolute atomic E-state index is 0.0356. The number of ether oxygens (including phenoxy) is 1. The van der Waals surface area contributed by atoms with Crippen LogP contribution in [0.1, 0.15) is 43.6 Å². The lowest BCUT2D eigenvalue weighted by atomic mass is 10.2. The molecule has 2 atom stereocenters. The van der Waals surface area contributed by atoms with Gasteiger partial charge in [-0.2, -0.15) is 5.10 Å². The van der Waals surface area contributed by atoms with Gasteiger partial charge in [0.25, 0.3) is 5.91 Å². The van der Waals surface area contributed by atoms with E-state index < -0.39 is 28.0 Å². The zero-order chi connectivity index (χ0) is 21.8. The number of carbonyl (C=O) groups excluding carboxylic acids is 2. The fraction of sp³-hybridized carbons (Fsp3) is 0.421. The summed E-state index contributed by atoms with van der Waals surface area (Å²) in [4.78, 5) is 24.8. The molecule has 0 fully saturated rings. The number of hydrogen-bond donors (Lipinski definition) is 1. The van der Waals surface area contributed by atoms with Crippen molar-refractivity contribution >= 4 is 27.7 Å². The monoisotopic (exact) mass is 422 g/mol. The fourth-order valence-electron chi connectivity index (χ4n) is 2.44. The number of amides is 1. The number of rotatable bonds is 8. The summed E-state index contributed by atoms with van der Waals surface area (Å²) in [5.41, 5.74) is 0.0391. The van der Waals surface area contributed by atoms with Crippen LogP contribution in [0.15, 0.2) is 41.4 Å². The third-order valence-corrected chi connectivity index (χ3v) is 6.24. The molecule has 1 heterocycles. The Morgan fingerprint density at radius 3 is 2.55 bits per heavy atom. The highest BCUT2D eigenvalue weighted by Crippen LogP contribution is 2.18. The second-order valence-corrected chi connectivity index (χ2v) is 8.92. The number of aromatic nitrogens is 2. The smallest absolute Gasteiger partial charge is 0.338 e. The van der Waals surface area contributed by atoms with Crippen LogP contribution >= 0.6 is 0 Å². The van der Waals surface area contributed by atoms with E-state index in [9.17, 15) is 18.0 Å². The van der Waals surface area contributed by atoms with E-state index in [2.05, 4.69) is 10.4 Å². The molecule has 0 aliphatic heterocycles. The number of nitrogens with zero attached hydrogens (tertiary/aromatic N) is 3. The highest BCUT2D eigenvalue weighted by molar-refractivity contribution is 7.89. The van der Waals surface area contributed by atoms with E-state index in [1.807, 2.05) is 13.8 Å². The maximum Gasteiger partial charge on any atom is 0.338 e. The van der Waals surface area contributed by atoms with Crippen molar-refractivity contribution in [1.82, 2.24) is 14.1 Å². The van der Waals surface area contributed by atoms with Crippen LogP contribution in [0.2, 0.25) is 0 Å². The fourth-order valence-corrected chi connectivity index (χ4v) is 3.39. The minimum Gasteiger partial charge on any atom is -0.449 e. The van der Waals surface area contributed by atoms with Gasteiger partial charge in [0.2, 0.25) is 10.0 Å². The first kappa shape index (κ1) is 22.6. The third-order valence-electron chi connectivity index (χ3n) is 4.43. The van der Waals surface area contributed by atoms with Gasteiger partial charge < -0.3 is 10.1 Å². The van der Waals surface area contributed by atoms with Gasteiger partial charge in [-0.15, -0.1) is 0 Å². The predicted octanol–water partition coefficient (Wildman–Crippen LogP) is 2.29. The van der Waals surface area contributed by atoms with Crippen LogP contribution in [0.4, 0.5) is 5.82 Å². The Hall–Kier alpha value is -2.72. The first-order chi connectivity index (χ1) is 13.6. The molecule has 1 amide bonds. The van der Waals surface area contributed by atoms with E-state index in [1.165, 1.54) is 45.3 Å². The lowest BCUT2D eigenvalue weighted by Crippen LogP contribution is -2.31. The van der Waals surface area contributed by atoms with Crippen molar-refractivity contribution in [2.75, 3.05) is 19.4 Å². The quantitative estimate of drug-likeness (QED) is 0.654. The Balaban J connectivity index is 2.09. The van der Waals surface area contributed by atoms with Crippen molar-refractivity contribution in [2.24, 2.45) is 0 Å². The Morgan fingerprint density at radius 1 is 1.24 bits per heavy atom. The first-order valence-electron chi connectivity index (χ1n) is 9.15. The number of esters is 1. The van der Waals surface area contributed by atoms with Gasteiger partial charge in [0.05, 0.1) is 22.7 Å². The van der Waals surface area contributed by atoms with E-state index in [1.54, 1.807) is 16.9 Å². The molecular weight excluding hydrogens is 396 g/mol. The molecule has 1 aromatic heterocycles. The molecule has 29 heavy (non-hydrogen) atoms. The average molecular weight is 423 g/mol. The maximum absolute atomic E-state index is 12.4. The summed E-state index contributed by atoms with van der Waals surface area (Å²) in [5.74, 6) is -0.800. The molecule has 0 aliphatic carbocycles. The Morgan fingerprint density at radius 2 is 1.93 bits per heavy atom. The van der Waals surface area contributed by atoms with Gasteiger partial charge >= 0.3 is 5.97 Å². The molecule has 1 N–H and O–H groups in total. The Kier molecular flexibility index (Phi) is 7.15. The Labute approximate surface area is 170 Å². The second kappa shape index (κ2) is 9.19. The highest BCUT2D eigenvalue weighted by Gasteiger charge is 2.23. The van der Waals surface area contributed by atoms with Gasteiger partial charge in [0.15, 0.2) is 6.10 Å². The number of anilines is 1. The molecule has 0 saturated heterocycles. The molecule has 158 valence electrons. The SMILES string of the molecule is CC[C@@H](C)n1nccc1NC(=O)[C@H](C)OC(=O)c1cccc(S(=O)(=O)N(C)C)c1. The van der Waals surface area contributed by atoms with Crippen LogP contribution in [0, 0.1) is 0 Å². The summed E-state index contributed by atoms with van der Waals surface area (Å²) in [6.45, 7) is 5.42. The molecule has 0 spiro atoms. The lowest BCUT2D eigenvalue weighted by molar-refractivity contribution is -0.123. The van der Waals surface area contributed by atoms with Crippen molar-refractivity contribution < 1.29 is 22.7 Å². The molecule has 0 radical (unpaired) electrons. The topological polar surface area (TPSA) is 111 Å². The molecule has 0 bridgehead atoms. The van der Waals surface area contributed by atoms with E-state index in [4.69, 9.17) is 4.74 Å². The molecular formula is C19H26N4O5S. The molecule has 1 aromatic carbocycles. The number of nitrogens with one attached hydrogen (secondary N) is 1. The standard InChI is InChI=1S/C19H26N4O5S/c1-6-13(2)23-17(10-11-20-23)21-18(24)14(3)28-19(25)15-8-7-9-16(12-15)29(26,27)22(4)5/h7-14H,6H2,1-5H3,(H,21,24)/t13-,14+/m1/s1. The summed E-state index contributed by atoms with van der Waals surface area (Å²) < 4.78 is 32.4. The summed E-state index contributed by atoms with van der Waals surface area (Å²) >= 11 is 0. The lowest BCUT2D eigenvalue weighted by Gasteiger charge is -2.17. The molecule has 9 nitrogen and oxygen atoms in total. The maximum atomic E-state index is 12.4. The van der Waals surface area contributed by atoms with Gasteiger partial charge in [-0.3, -0.25) is 4.79 Å². The molecule has 0 aliphatic rings. The summed E-state index contributed by atoms with van der Waals surface area (Å²) in [5, 5.41) is 6.88. The van der Waals surface area contributed by atoms with Gasteiger partial charge in [-0.1, -0.05) is 13.0 Å². The van der Waals surface area contributed by atoms with E-state index in [-0.39, 0.29) is 16.5 Å².